The van der Waals surface area contributed by atoms with Crippen molar-refractivity contribution in [3.8, 4) is 0 Å². The van der Waals surface area contributed by atoms with Crippen LogP contribution in [0.1, 0.15) is 40.5 Å². The number of nitrogens with zero attached hydrogens (tertiary/aromatic N) is 4. The number of H-pyrrole nitrogens is 1. The van der Waals surface area contributed by atoms with Gasteiger partial charge in [0.15, 0.2) is 0 Å². The number of aromatic amines is 1. The van der Waals surface area contributed by atoms with Gasteiger partial charge in [-0.2, -0.15) is 10.1 Å². The molecule has 5 rings (SSSR count). The number of hydrogen-bond donors (Lipinski definition) is 4. The molecule has 1 aromatic carbocycles. The second-order valence-electron chi connectivity index (χ2n) is 6.74. The Morgan fingerprint density at radius 3 is 2.85 bits per heavy atom. The molecule has 135 valence electrons. The van der Waals surface area contributed by atoms with Crippen molar-refractivity contribution < 1.29 is 4.79 Å². The first kappa shape index (κ1) is 15.6. The van der Waals surface area contributed by atoms with E-state index in [4.69, 9.17) is 0 Å². The minimum absolute atomic E-state index is 0.264. The molecule has 27 heavy (non-hydrogen) atoms. The standard InChI is InChI=1S/C18H17N8O/c1-9-6-15(21-16-8-13(23-25-16)10-2-3-10)22-18(19-9)20-11-4-5-12-14(7-11)24-26-17(12)27/h4-8,10,24H,2-3H2,1H3,(H3,19,20,21,22,23,25). The number of rotatable bonds is 5. The Balaban J connectivity index is 1.36. The van der Waals surface area contributed by atoms with Crippen molar-refractivity contribution in [2.24, 2.45) is 0 Å². The number of benzene rings is 1. The van der Waals surface area contributed by atoms with Gasteiger partial charge in [-0.05, 0) is 38.0 Å². The van der Waals surface area contributed by atoms with Crippen molar-refractivity contribution in [1.29, 1.82) is 0 Å². The summed E-state index contributed by atoms with van der Waals surface area (Å²) < 4.78 is 0. The monoisotopic (exact) mass is 361 g/mol. The Labute approximate surface area is 155 Å². The van der Waals surface area contributed by atoms with E-state index in [1.165, 1.54) is 12.8 Å². The predicted octanol–water partition coefficient (Wildman–Crippen LogP) is 2.96. The van der Waals surface area contributed by atoms with Crippen LogP contribution < -0.4 is 21.5 Å². The van der Waals surface area contributed by atoms with Gasteiger partial charge >= 0.3 is 0 Å². The summed E-state index contributed by atoms with van der Waals surface area (Å²) in [5.74, 6) is 2.26. The maximum absolute atomic E-state index is 11.6. The minimum atomic E-state index is -0.264. The summed E-state index contributed by atoms with van der Waals surface area (Å²) in [6.45, 7) is 1.91. The molecular formula is C18H17N8O. The van der Waals surface area contributed by atoms with Gasteiger partial charge in [-0.1, -0.05) is 0 Å². The molecular weight excluding hydrogens is 344 g/mol. The number of aryl methyl sites for hydroxylation is 1. The molecule has 1 radical (unpaired) electrons. The van der Waals surface area contributed by atoms with Crippen molar-refractivity contribution in [2.75, 3.05) is 16.1 Å². The first-order chi connectivity index (χ1) is 13.1. The predicted molar refractivity (Wildman–Crippen MR) is 100 cm³/mol. The molecule has 9 heteroatoms. The van der Waals surface area contributed by atoms with Gasteiger partial charge in [0.1, 0.15) is 11.6 Å². The zero-order valence-electron chi connectivity index (χ0n) is 14.6. The van der Waals surface area contributed by atoms with Crippen molar-refractivity contribution in [2.45, 2.75) is 25.7 Å². The summed E-state index contributed by atoms with van der Waals surface area (Å²) in [5.41, 5.74) is 10.3. The Bertz CT molecular complexity index is 1040. The van der Waals surface area contributed by atoms with Crippen LogP contribution in [-0.4, -0.2) is 26.1 Å². The first-order valence-corrected chi connectivity index (χ1v) is 8.74. The molecule has 3 heterocycles. The van der Waals surface area contributed by atoms with Crippen LogP contribution in [0.3, 0.4) is 0 Å². The Hall–Kier alpha value is -3.62. The number of anilines is 5. The second kappa shape index (κ2) is 5.97. The highest BCUT2D eigenvalue weighted by molar-refractivity contribution is 6.04. The lowest BCUT2D eigenvalue weighted by atomic mass is 10.1. The van der Waals surface area contributed by atoms with Crippen LogP contribution in [0.4, 0.5) is 29.0 Å². The van der Waals surface area contributed by atoms with Crippen LogP contribution in [0.2, 0.25) is 0 Å². The quantitative estimate of drug-likeness (QED) is 0.551. The average Bonchev–Trinajstić information content (AvgIpc) is 3.28. The Morgan fingerprint density at radius 1 is 1.11 bits per heavy atom. The summed E-state index contributed by atoms with van der Waals surface area (Å²) in [4.78, 5) is 20.5. The summed E-state index contributed by atoms with van der Waals surface area (Å²) >= 11 is 0. The van der Waals surface area contributed by atoms with Crippen LogP contribution in [0.5, 0.6) is 0 Å². The van der Waals surface area contributed by atoms with Gasteiger partial charge in [-0.3, -0.25) is 15.3 Å². The van der Waals surface area contributed by atoms with E-state index < -0.39 is 0 Å². The fourth-order valence-electron chi connectivity index (χ4n) is 3.02. The maximum atomic E-state index is 11.6. The van der Waals surface area contributed by atoms with Crippen molar-refractivity contribution in [3.05, 3.63) is 47.3 Å². The number of aromatic nitrogens is 4. The third kappa shape index (κ3) is 3.14. The highest BCUT2D eigenvalue weighted by atomic mass is 16.2. The maximum Gasteiger partial charge on any atom is 0.295 e. The molecule has 0 spiro atoms. The topological polar surface area (TPSA) is 122 Å². The van der Waals surface area contributed by atoms with E-state index >= 15 is 0 Å². The van der Waals surface area contributed by atoms with Crippen molar-refractivity contribution >= 4 is 34.9 Å². The molecule has 4 N–H and O–H groups in total. The van der Waals surface area contributed by atoms with Crippen LogP contribution in [-0.2, 0) is 0 Å². The highest BCUT2D eigenvalue weighted by Crippen LogP contribution is 2.39. The number of amides is 1. The lowest BCUT2D eigenvalue weighted by Gasteiger charge is -2.09. The molecule has 3 aromatic rings. The number of fused-ring (bicyclic) bond motifs is 1. The second-order valence-corrected chi connectivity index (χ2v) is 6.74. The number of carbonyl (C=O) groups is 1. The molecule has 9 nitrogen and oxygen atoms in total. The average molecular weight is 361 g/mol. The van der Waals surface area contributed by atoms with Gasteiger partial charge in [-0.15, -0.1) is 5.43 Å². The number of carbonyl (C=O) groups excluding carboxylic acids is 1. The Morgan fingerprint density at radius 2 is 2.00 bits per heavy atom. The molecule has 1 amide bonds. The van der Waals surface area contributed by atoms with Crippen molar-refractivity contribution in [3.63, 3.8) is 0 Å². The Kier molecular flexibility index (Phi) is 3.46. The molecule has 0 bridgehead atoms. The van der Waals surface area contributed by atoms with Gasteiger partial charge in [0.25, 0.3) is 5.91 Å². The fourth-order valence-corrected chi connectivity index (χ4v) is 3.02. The summed E-state index contributed by atoms with van der Waals surface area (Å²) in [5, 5.41) is 13.7. The largest absolute Gasteiger partial charge is 0.325 e. The summed E-state index contributed by atoms with van der Waals surface area (Å²) in [6.07, 6.45) is 2.42. The van der Waals surface area contributed by atoms with E-state index in [0.29, 0.717) is 28.9 Å². The third-order valence-electron chi connectivity index (χ3n) is 4.49. The van der Waals surface area contributed by atoms with E-state index in [2.05, 4.69) is 41.7 Å². The first-order valence-electron chi connectivity index (χ1n) is 8.74. The molecule has 1 aliphatic heterocycles. The third-order valence-corrected chi connectivity index (χ3v) is 4.49. The zero-order chi connectivity index (χ0) is 18.4. The fraction of sp³-hybridized carbons (Fsp3) is 0.222. The van der Waals surface area contributed by atoms with Gasteiger partial charge in [-0.25, -0.2) is 4.98 Å². The van der Waals surface area contributed by atoms with E-state index in [1.54, 1.807) is 18.2 Å². The molecule has 2 aliphatic rings. The van der Waals surface area contributed by atoms with E-state index in [1.807, 2.05) is 19.1 Å². The minimum Gasteiger partial charge on any atom is -0.325 e. The normalized spacial score (nSPS) is 15.1. The molecule has 0 unspecified atom stereocenters. The molecule has 0 saturated heterocycles. The highest BCUT2D eigenvalue weighted by Gasteiger charge is 2.26. The van der Waals surface area contributed by atoms with Crippen molar-refractivity contribution in [1.82, 2.24) is 25.6 Å². The lowest BCUT2D eigenvalue weighted by Crippen LogP contribution is -2.10. The van der Waals surface area contributed by atoms with Crippen LogP contribution in [0.15, 0.2) is 30.3 Å². The lowest BCUT2D eigenvalue weighted by molar-refractivity contribution is 0.0969. The SMILES string of the molecule is Cc1cc(Nc2cc(C3CC3)n[nH]2)nc(Nc2ccc3c(c2)N[N]C3=O)n1. The van der Waals surface area contributed by atoms with E-state index in [-0.39, 0.29) is 5.91 Å². The molecule has 2 aromatic heterocycles. The summed E-state index contributed by atoms with van der Waals surface area (Å²) in [6, 6.07) is 9.22. The van der Waals surface area contributed by atoms with Crippen LogP contribution in [0, 0.1) is 6.92 Å². The van der Waals surface area contributed by atoms with Crippen LogP contribution >= 0.6 is 0 Å². The van der Waals surface area contributed by atoms with E-state index in [9.17, 15) is 4.79 Å². The van der Waals surface area contributed by atoms with E-state index in [0.717, 1.165) is 22.9 Å². The summed E-state index contributed by atoms with van der Waals surface area (Å²) in [7, 11) is 0. The van der Waals surface area contributed by atoms with Crippen LogP contribution in [0.25, 0.3) is 0 Å². The van der Waals surface area contributed by atoms with Gasteiger partial charge in [0.05, 0.1) is 16.9 Å². The zero-order valence-corrected chi connectivity index (χ0v) is 14.6. The smallest absolute Gasteiger partial charge is 0.295 e. The molecule has 1 saturated carbocycles. The number of hydrogen-bond acceptors (Lipinski definition) is 7. The van der Waals surface area contributed by atoms with Gasteiger partial charge < -0.3 is 10.6 Å². The van der Waals surface area contributed by atoms with Gasteiger partial charge in [0.2, 0.25) is 5.95 Å². The molecule has 0 atom stereocenters. The molecule has 1 aliphatic carbocycles. The molecule has 1 fully saturated rings. The van der Waals surface area contributed by atoms with Gasteiger partial charge in [0, 0.05) is 29.4 Å². The number of nitrogens with one attached hydrogen (secondary N) is 4.